The molecule has 136 valence electrons. The van der Waals surface area contributed by atoms with Crippen molar-refractivity contribution in [3.05, 3.63) is 42.2 Å². The number of nitrogens with zero attached hydrogens (tertiary/aromatic N) is 4. The first-order chi connectivity index (χ1) is 12.6. The van der Waals surface area contributed by atoms with E-state index in [0.29, 0.717) is 30.2 Å². The average molecular weight is 355 g/mol. The molecule has 0 aliphatic heterocycles. The van der Waals surface area contributed by atoms with Crippen LogP contribution in [0.5, 0.6) is 0 Å². The first kappa shape index (κ1) is 17.7. The van der Waals surface area contributed by atoms with Crippen LogP contribution in [-0.4, -0.2) is 44.2 Å². The quantitative estimate of drug-likeness (QED) is 0.700. The number of rotatable bonds is 7. The Labute approximate surface area is 150 Å². The average Bonchev–Trinajstić information content (AvgIpc) is 3.30. The van der Waals surface area contributed by atoms with E-state index in [0.717, 1.165) is 12.8 Å². The molecule has 8 heteroatoms. The van der Waals surface area contributed by atoms with E-state index in [9.17, 15) is 9.59 Å². The summed E-state index contributed by atoms with van der Waals surface area (Å²) in [7, 11) is 0. The van der Waals surface area contributed by atoms with Crippen molar-refractivity contribution in [1.82, 2.24) is 19.3 Å². The summed E-state index contributed by atoms with van der Waals surface area (Å²) in [6.45, 7) is 5.24. The molecule has 0 spiro atoms. The van der Waals surface area contributed by atoms with Crippen molar-refractivity contribution in [1.29, 1.82) is 0 Å². The van der Waals surface area contributed by atoms with Crippen molar-refractivity contribution in [2.75, 3.05) is 13.1 Å². The van der Waals surface area contributed by atoms with Gasteiger partial charge in [0.2, 0.25) is 0 Å². The number of fused-ring (bicyclic) bond motifs is 1. The van der Waals surface area contributed by atoms with Gasteiger partial charge < -0.3 is 15.1 Å². The molecule has 0 saturated heterocycles. The van der Waals surface area contributed by atoms with E-state index in [1.165, 1.54) is 17.0 Å². The highest BCUT2D eigenvalue weighted by molar-refractivity contribution is 5.99. The normalized spacial score (nSPS) is 11.0. The highest BCUT2D eigenvalue weighted by atomic mass is 16.3. The number of unbranched alkanes of at least 4 members (excludes halogenated alkanes) is 1. The third kappa shape index (κ3) is 3.17. The summed E-state index contributed by atoms with van der Waals surface area (Å²) in [5.74, 6) is -0.363. The van der Waals surface area contributed by atoms with Gasteiger partial charge in [-0.1, -0.05) is 13.3 Å². The van der Waals surface area contributed by atoms with Crippen LogP contribution in [-0.2, 0) is 0 Å². The Morgan fingerprint density at radius 1 is 1.35 bits per heavy atom. The summed E-state index contributed by atoms with van der Waals surface area (Å²) >= 11 is 0. The number of nitrogens with two attached hydrogens (primary N) is 1. The van der Waals surface area contributed by atoms with Gasteiger partial charge in [-0.2, -0.15) is 0 Å². The maximum Gasteiger partial charge on any atom is 0.271 e. The molecule has 0 atom stereocenters. The van der Waals surface area contributed by atoms with Crippen LogP contribution in [0.25, 0.3) is 17.1 Å². The zero-order valence-electron chi connectivity index (χ0n) is 14.8. The second-order valence-corrected chi connectivity index (χ2v) is 5.89. The van der Waals surface area contributed by atoms with E-state index in [1.54, 1.807) is 23.1 Å². The molecule has 0 saturated carbocycles. The van der Waals surface area contributed by atoms with Crippen LogP contribution in [0.15, 0.2) is 35.2 Å². The van der Waals surface area contributed by atoms with Crippen molar-refractivity contribution in [2.45, 2.75) is 26.7 Å². The van der Waals surface area contributed by atoms with E-state index in [-0.39, 0.29) is 17.2 Å². The summed E-state index contributed by atoms with van der Waals surface area (Å²) < 4.78 is 6.90. The number of hydrogen-bond acceptors (Lipinski definition) is 5. The number of imidazole rings is 1. The fourth-order valence-corrected chi connectivity index (χ4v) is 2.77. The van der Waals surface area contributed by atoms with Crippen molar-refractivity contribution < 1.29 is 14.0 Å². The van der Waals surface area contributed by atoms with Crippen LogP contribution in [0.1, 0.15) is 47.7 Å². The number of furan rings is 1. The molecule has 0 fully saturated rings. The van der Waals surface area contributed by atoms with Gasteiger partial charge in [-0.3, -0.25) is 14.0 Å². The van der Waals surface area contributed by atoms with E-state index in [4.69, 9.17) is 10.2 Å². The Morgan fingerprint density at radius 3 is 2.77 bits per heavy atom. The summed E-state index contributed by atoms with van der Waals surface area (Å²) in [6, 6.07) is 5.12. The van der Waals surface area contributed by atoms with Gasteiger partial charge in [0.1, 0.15) is 17.7 Å². The highest BCUT2D eigenvalue weighted by Gasteiger charge is 2.22. The van der Waals surface area contributed by atoms with Gasteiger partial charge >= 0.3 is 0 Å². The van der Waals surface area contributed by atoms with Gasteiger partial charge in [0, 0.05) is 13.1 Å². The number of carbonyl (C=O) groups excluding carboxylic acids is 2. The second-order valence-electron chi connectivity index (χ2n) is 5.89. The molecule has 0 bridgehead atoms. The van der Waals surface area contributed by atoms with E-state index >= 15 is 0 Å². The SMILES string of the molecule is CCCCN(CC)C(=O)c1cc(-c2ccco2)nc2c(C(N)=O)ncn12. The Balaban J connectivity index is 2.16. The number of carbonyl (C=O) groups is 2. The standard InChI is InChI=1S/C18H21N5O3/c1-3-5-8-22(4-2)18(25)13-10-12(14-7-6-9-26-14)21-17-15(16(19)24)20-11-23(13)17/h6-7,9-11H,3-5,8H2,1-2H3,(H2,19,24). The fraction of sp³-hybridized carbons (Fsp3) is 0.333. The summed E-state index contributed by atoms with van der Waals surface area (Å²) in [5.41, 5.74) is 6.46. The van der Waals surface area contributed by atoms with Gasteiger partial charge in [-0.05, 0) is 31.5 Å². The van der Waals surface area contributed by atoms with Crippen LogP contribution in [0, 0.1) is 0 Å². The van der Waals surface area contributed by atoms with Crippen LogP contribution < -0.4 is 5.73 Å². The Hall–Kier alpha value is -3.16. The lowest BCUT2D eigenvalue weighted by Crippen LogP contribution is -2.33. The third-order valence-electron chi connectivity index (χ3n) is 4.18. The van der Waals surface area contributed by atoms with Gasteiger partial charge in [0.25, 0.3) is 11.8 Å². The predicted molar refractivity (Wildman–Crippen MR) is 95.7 cm³/mol. The van der Waals surface area contributed by atoms with E-state index in [2.05, 4.69) is 16.9 Å². The van der Waals surface area contributed by atoms with Gasteiger partial charge in [0.05, 0.1) is 6.26 Å². The van der Waals surface area contributed by atoms with Crippen molar-refractivity contribution in [3.8, 4) is 11.5 Å². The smallest absolute Gasteiger partial charge is 0.271 e. The molecule has 2 amide bonds. The summed E-state index contributed by atoms with van der Waals surface area (Å²) in [6.07, 6.45) is 4.82. The first-order valence-corrected chi connectivity index (χ1v) is 8.57. The Morgan fingerprint density at radius 2 is 2.15 bits per heavy atom. The zero-order valence-corrected chi connectivity index (χ0v) is 14.8. The first-order valence-electron chi connectivity index (χ1n) is 8.57. The molecule has 2 N–H and O–H groups in total. The highest BCUT2D eigenvalue weighted by Crippen LogP contribution is 2.22. The molecular weight excluding hydrogens is 334 g/mol. The van der Waals surface area contributed by atoms with Crippen LogP contribution in [0.4, 0.5) is 0 Å². The minimum Gasteiger partial charge on any atom is -0.463 e. The minimum atomic E-state index is -0.701. The Kier molecular flexibility index (Phi) is 5.01. The molecule has 0 unspecified atom stereocenters. The fourth-order valence-electron chi connectivity index (χ4n) is 2.77. The minimum absolute atomic E-state index is 0.0177. The van der Waals surface area contributed by atoms with Crippen LogP contribution in [0.3, 0.4) is 0 Å². The molecule has 8 nitrogen and oxygen atoms in total. The van der Waals surface area contributed by atoms with Crippen molar-refractivity contribution in [2.24, 2.45) is 5.73 Å². The van der Waals surface area contributed by atoms with Gasteiger partial charge in [-0.25, -0.2) is 9.97 Å². The summed E-state index contributed by atoms with van der Waals surface area (Å²) in [4.78, 5) is 35.0. The Bertz CT molecular complexity index is 930. The van der Waals surface area contributed by atoms with Crippen LogP contribution in [0.2, 0.25) is 0 Å². The molecule has 3 heterocycles. The topological polar surface area (TPSA) is 107 Å². The molecule has 0 radical (unpaired) electrons. The molecule has 26 heavy (non-hydrogen) atoms. The van der Waals surface area contributed by atoms with Crippen molar-refractivity contribution in [3.63, 3.8) is 0 Å². The second kappa shape index (κ2) is 7.38. The molecule has 0 aromatic carbocycles. The summed E-state index contributed by atoms with van der Waals surface area (Å²) in [5, 5.41) is 0. The number of primary amides is 1. The molecule has 0 aliphatic rings. The lowest BCUT2D eigenvalue weighted by Gasteiger charge is -2.21. The number of hydrogen-bond donors (Lipinski definition) is 1. The lowest BCUT2D eigenvalue weighted by atomic mass is 10.2. The van der Waals surface area contributed by atoms with Gasteiger partial charge in [-0.15, -0.1) is 0 Å². The van der Waals surface area contributed by atoms with Crippen molar-refractivity contribution >= 4 is 17.5 Å². The maximum atomic E-state index is 13.1. The molecular formula is C18H21N5O3. The lowest BCUT2D eigenvalue weighted by molar-refractivity contribution is 0.0754. The van der Waals surface area contributed by atoms with E-state index in [1.807, 2.05) is 6.92 Å². The van der Waals surface area contributed by atoms with Crippen LogP contribution >= 0.6 is 0 Å². The molecule has 3 aromatic heterocycles. The molecule has 3 aromatic rings. The molecule has 3 rings (SSSR count). The number of aromatic nitrogens is 3. The number of amides is 2. The third-order valence-corrected chi connectivity index (χ3v) is 4.18. The zero-order chi connectivity index (χ0) is 18.7. The monoisotopic (exact) mass is 355 g/mol. The predicted octanol–water partition coefficient (Wildman–Crippen LogP) is 2.35. The molecule has 0 aliphatic carbocycles. The largest absolute Gasteiger partial charge is 0.463 e. The van der Waals surface area contributed by atoms with Gasteiger partial charge in [0.15, 0.2) is 17.1 Å². The maximum absolute atomic E-state index is 13.1. The van der Waals surface area contributed by atoms with E-state index < -0.39 is 5.91 Å².